The first kappa shape index (κ1) is 21.6. The van der Waals surface area contributed by atoms with Gasteiger partial charge >= 0.3 is 0 Å². The summed E-state index contributed by atoms with van der Waals surface area (Å²) >= 11 is 0. The van der Waals surface area contributed by atoms with E-state index in [1.807, 2.05) is 19.1 Å². The number of nitrogens with zero attached hydrogens (tertiary/aromatic N) is 3. The smallest absolute Gasteiger partial charge is 0.145 e. The molecule has 0 spiro atoms. The van der Waals surface area contributed by atoms with Crippen LogP contribution in [0.25, 0.3) is 10.9 Å². The highest BCUT2D eigenvalue weighted by Crippen LogP contribution is 2.33. The van der Waals surface area contributed by atoms with Crippen LogP contribution in [0, 0.1) is 12.7 Å². The van der Waals surface area contributed by atoms with E-state index in [0.29, 0.717) is 37.1 Å². The fourth-order valence-corrected chi connectivity index (χ4v) is 3.92. The Morgan fingerprint density at radius 1 is 1.23 bits per heavy atom. The van der Waals surface area contributed by atoms with Gasteiger partial charge in [0.2, 0.25) is 0 Å². The van der Waals surface area contributed by atoms with Crippen LogP contribution in [0.3, 0.4) is 0 Å². The van der Waals surface area contributed by atoms with E-state index in [1.165, 1.54) is 18.5 Å². The number of aryl methyl sites for hydroxylation is 1. The number of halogens is 1. The highest BCUT2D eigenvalue weighted by molar-refractivity contribution is 7.85. The summed E-state index contributed by atoms with van der Waals surface area (Å²) in [6, 6.07) is 8.34. The molecule has 0 aliphatic carbocycles. The molecule has 3 aromatic rings. The molecule has 0 radical (unpaired) electrons. The molecule has 1 unspecified atom stereocenters. The van der Waals surface area contributed by atoms with Crippen molar-refractivity contribution in [3.63, 3.8) is 0 Å². The molecule has 164 valence electrons. The summed E-state index contributed by atoms with van der Waals surface area (Å²) in [5, 5.41) is 4.17. The number of anilines is 2. The molecule has 1 aliphatic rings. The van der Waals surface area contributed by atoms with Gasteiger partial charge in [0.1, 0.15) is 36.4 Å². The van der Waals surface area contributed by atoms with Crippen LogP contribution in [-0.4, -0.2) is 55.0 Å². The van der Waals surface area contributed by atoms with E-state index in [2.05, 4.69) is 32.2 Å². The number of aromatic nitrogens is 2. The van der Waals surface area contributed by atoms with Gasteiger partial charge in [-0.15, -0.1) is 10.7 Å². The molecule has 1 saturated heterocycles. The van der Waals surface area contributed by atoms with Gasteiger partial charge in [-0.2, -0.15) is 0 Å². The topological polar surface area (TPSA) is 77.9 Å². The molecule has 9 heteroatoms. The van der Waals surface area contributed by atoms with Crippen molar-refractivity contribution >= 4 is 38.8 Å². The van der Waals surface area contributed by atoms with Gasteiger partial charge < -0.3 is 19.5 Å². The maximum atomic E-state index is 13.9. The molecular weight excluding hydrogens is 419 g/mol. The van der Waals surface area contributed by atoms with Gasteiger partial charge in [-0.25, -0.2) is 18.7 Å². The van der Waals surface area contributed by atoms with E-state index in [1.54, 1.807) is 6.07 Å². The second-order valence-electron chi connectivity index (χ2n) is 7.39. The molecule has 0 amide bonds. The zero-order valence-electron chi connectivity index (χ0n) is 17.7. The Morgan fingerprint density at radius 2 is 2.10 bits per heavy atom. The summed E-state index contributed by atoms with van der Waals surface area (Å²) in [6.45, 7) is 3.83. The van der Waals surface area contributed by atoms with Gasteiger partial charge in [0, 0.05) is 11.5 Å². The third kappa shape index (κ3) is 5.36. The summed E-state index contributed by atoms with van der Waals surface area (Å²) in [6.07, 6.45) is 5.44. The highest BCUT2D eigenvalue weighted by Gasteiger charge is 2.17. The molecule has 1 N–H and O–H groups in total. The van der Waals surface area contributed by atoms with E-state index in [9.17, 15) is 4.39 Å². The van der Waals surface area contributed by atoms with E-state index >= 15 is 0 Å². The number of hydrogen-bond donors (Lipinski definition) is 1. The van der Waals surface area contributed by atoms with Crippen LogP contribution in [0.2, 0.25) is 0 Å². The Balaban J connectivity index is 1.63. The zero-order valence-corrected chi connectivity index (χ0v) is 18.5. The third-order valence-corrected chi connectivity index (χ3v) is 5.29. The predicted molar refractivity (Wildman–Crippen MR) is 121 cm³/mol. The van der Waals surface area contributed by atoms with Crippen LogP contribution >= 0.6 is 0 Å². The van der Waals surface area contributed by atoms with Crippen molar-refractivity contribution in [3.05, 3.63) is 48.0 Å². The molecule has 1 aromatic heterocycles. The lowest BCUT2D eigenvalue weighted by Crippen LogP contribution is -2.33. The zero-order chi connectivity index (χ0) is 21.8. The molecule has 1 aliphatic heterocycles. The lowest BCUT2D eigenvalue weighted by molar-refractivity contribution is -0.101. The van der Waals surface area contributed by atoms with Crippen molar-refractivity contribution in [2.45, 2.75) is 13.0 Å². The first-order valence-electron chi connectivity index (χ1n) is 9.93. The first-order valence-corrected chi connectivity index (χ1v) is 11.9. The Labute approximate surface area is 183 Å². The number of ether oxygens (including phenoxy) is 3. The van der Waals surface area contributed by atoms with Crippen LogP contribution in [-0.2, 0) is 20.2 Å². The van der Waals surface area contributed by atoms with Gasteiger partial charge in [0.05, 0.1) is 36.7 Å². The van der Waals surface area contributed by atoms with Crippen LogP contribution in [0.1, 0.15) is 5.56 Å². The van der Waals surface area contributed by atoms with Gasteiger partial charge in [-0.05, 0) is 49.3 Å². The summed E-state index contributed by atoms with van der Waals surface area (Å²) in [5.74, 6) is 0.617. The lowest BCUT2D eigenvalue weighted by Gasteiger charge is -2.23. The molecule has 0 bridgehead atoms. The molecule has 31 heavy (non-hydrogen) atoms. The Kier molecular flexibility index (Phi) is 6.74. The van der Waals surface area contributed by atoms with Crippen molar-refractivity contribution in [2.24, 2.45) is 4.36 Å². The van der Waals surface area contributed by atoms with Crippen molar-refractivity contribution < 1.29 is 18.6 Å². The minimum Gasteiger partial charge on any atom is -0.488 e. The number of benzene rings is 2. The van der Waals surface area contributed by atoms with Crippen LogP contribution in [0.4, 0.5) is 21.6 Å². The van der Waals surface area contributed by atoms with Crippen LogP contribution < -0.4 is 10.1 Å². The average Bonchev–Trinajstić information content (AvgIpc) is 2.74. The van der Waals surface area contributed by atoms with Gasteiger partial charge in [0.15, 0.2) is 0 Å². The number of hydrogen-bond acceptors (Lipinski definition) is 7. The van der Waals surface area contributed by atoms with Crippen molar-refractivity contribution in [2.75, 3.05) is 44.3 Å². The summed E-state index contributed by atoms with van der Waals surface area (Å²) in [7, 11) is -0.0699. The highest BCUT2D eigenvalue weighted by atomic mass is 32.2. The number of rotatable bonds is 6. The predicted octanol–water partition coefficient (Wildman–Crippen LogP) is 4.31. The SMILES string of the molecule is Cc1cc(N=S(C)C)cc2ncnc(Nc3ccc(F)cc3OCC3COCCO3)c12. The van der Waals surface area contributed by atoms with Crippen molar-refractivity contribution in [1.29, 1.82) is 0 Å². The Bertz CT molecular complexity index is 1120. The molecule has 4 rings (SSSR count). The summed E-state index contributed by atoms with van der Waals surface area (Å²) < 4.78 is 35.4. The van der Waals surface area contributed by atoms with Crippen LogP contribution in [0.5, 0.6) is 5.75 Å². The normalized spacial score (nSPS) is 16.5. The maximum Gasteiger partial charge on any atom is 0.145 e. The fourth-order valence-electron chi connectivity index (χ4n) is 3.39. The van der Waals surface area contributed by atoms with E-state index in [4.69, 9.17) is 14.2 Å². The fraction of sp³-hybridized carbons (Fsp3) is 0.364. The third-order valence-electron chi connectivity index (χ3n) is 4.71. The molecule has 2 aromatic carbocycles. The molecular formula is C22H25FN4O3S. The van der Waals surface area contributed by atoms with Crippen molar-refractivity contribution in [1.82, 2.24) is 9.97 Å². The minimum absolute atomic E-state index is 0.0699. The van der Waals surface area contributed by atoms with Gasteiger partial charge in [-0.1, -0.05) is 0 Å². The lowest BCUT2D eigenvalue weighted by atomic mass is 10.1. The summed E-state index contributed by atoms with van der Waals surface area (Å²) in [5.41, 5.74) is 3.29. The quantitative estimate of drug-likeness (QED) is 0.611. The molecule has 2 heterocycles. The van der Waals surface area contributed by atoms with Crippen LogP contribution in [0.15, 0.2) is 41.0 Å². The summed E-state index contributed by atoms with van der Waals surface area (Å²) in [4.78, 5) is 8.84. The standard InChI is InChI=1S/C22H25FN4O3S/c1-14-8-16(27-31(2)3)10-19-21(14)22(25-13-24-19)26-18-5-4-15(23)9-20(18)30-12-17-11-28-6-7-29-17/h4-5,8-10,13,17H,6-7,11-12H2,1-3H3,(H,24,25,26). The largest absolute Gasteiger partial charge is 0.488 e. The molecule has 1 fully saturated rings. The van der Waals surface area contributed by atoms with E-state index in [-0.39, 0.29) is 29.2 Å². The van der Waals surface area contributed by atoms with Gasteiger partial charge in [0.25, 0.3) is 0 Å². The van der Waals surface area contributed by atoms with Gasteiger partial charge in [-0.3, -0.25) is 0 Å². The van der Waals surface area contributed by atoms with E-state index in [0.717, 1.165) is 22.2 Å². The molecule has 7 nitrogen and oxygen atoms in total. The molecule has 0 saturated carbocycles. The average molecular weight is 445 g/mol. The van der Waals surface area contributed by atoms with Crippen molar-refractivity contribution in [3.8, 4) is 5.75 Å². The second kappa shape index (κ2) is 9.67. The maximum absolute atomic E-state index is 13.9. The minimum atomic E-state index is -0.383. The number of fused-ring (bicyclic) bond motifs is 1. The monoisotopic (exact) mass is 444 g/mol. The van der Waals surface area contributed by atoms with E-state index < -0.39 is 0 Å². The molecule has 1 atom stereocenters. The number of nitrogens with one attached hydrogen (secondary N) is 1. The Morgan fingerprint density at radius 3 is 2.87 bits per heavy atom. The Hall–Kier alpha value is -2.62. The first-order chi connectivity index (χ1) is 15.0. The second-order valence-corrected chi connectivity index (χ2v) is 9.12.